The Labute approximate surface area is 127 Å². The zero-order chi connectivity index (χ0) is 15.1. The SMILES string of the molecule is CCc1cccc(CC)c1NC(=O)CCc1ccccc1. The van der Waals surface area contributed by atoms with Gasteiger partial charge in [0.15, 0.2) is 0 Å². The Morgan fingerprint density at radius 2 is 1.52 bits per heavy atom. The van der Waals surface area contributed by atoms with Gasteiger partial charge in [-0.1, -0.05) is 62.4 Å². The third-order valence-electron chi connectivity index (χ3n) is 3.75. The third-order valence-corrected chi connectivity index (χ3v) is 3.75. The maximum Gasteiger partial charge on any atom is 0.224 e. The van der Waals surface area contributed by atoms with Crippen LogP contribution in [0.25, 0.3) is 0 Å². The highest BCUT2D eigenvalue weighted by atomic mass is 16.1. The van der Waals surface area contributed by atoms with Crippen molar-refractivity contribution in [1.82, 2.24) is 0 Å². The molecule has 0 saturated carbocycles. The summed E-state index contributed by atoms with van der Waals surface area (Å²) in [7, 11) is 0. The summed E-state index contributed by atoms with van der Waals surface area (Å²) in [6.07, 6.45) is 3.16. The van der Waals surface area contributed by atoms with E-state index in [1.807, 2.05) is 18.2 Å². The van der Waals surface area contributed by atoms with Crippen LogP contribution in [0.15, 0.2) is 48.5 Å². The number of hydrogen-bond acceptors (Lipinski definition) is 1. The Balaban J connectivity index is 2.02. The number of rotatable bonds is 6. The minimum absolute atomic E-state index is 0.0921. The maximum atomic E-state index is 12.2. The molecular formula is C19H23NO. The van der Waals surface area contributed by atoms with E-state index >= 15 is 0 Å². The molecule has 0 aromatic heterocycles. The summed E-state index contributed by atoms with van der Waals surface area (Å²) in [5.74, 6) is 0.0921. The summed E-state index contributed by atoms with van der Waals surface area (Å²) >= 11 is 0. The van der Waals surface area contributed by atoms with Crippen molar-refractivity contribution in [2.24, 2.45) is 0 Å². The van der Waals surface area contributed by atoms with Crippen molar-refractivity contribution < 1.29 is 4.79 Å². The van der Waals surface area contributed by atoms with Gasteiger partial charge in [0.05, 0.1) is 0 Å². The molecule has 110 valence electrons. The van der Waals surface area contributed by atoms with Crippen LogP contribution in [-0.4, -0.2) is 5.91 Å². The molecule has 0 aliphatic heterocycles. The molecule has 2 heteroatoms. The van der Waals surface area contributed by atoms with Crippen molar-refractivity contribution >= 4 is 11.6 Å². The molecule has 0 unspecified atom stereocenters. The second kappa shape index (κ2) is 7.63. The maximum absolute atomic E-state index is 12.2. The molecule has 2 rings (SSSR count). The van der Waals surface area contributed by atoms with Crippen LogP contribution in [0, 0.1) is 0 Å². The molecule has 0 heterocycles. The lowest BCUT2D eigenvalue weighted by molar-refractivity contribution is -0.116. The van der Waals surface area contributed by atoms with E-state index in [9.17, 15) is 4.79 Å². The predicted molar refractivity (Wildman–Crippen MR) is 88.6 cm³/mol. The number of carbonyl (C=O) groups excluding carboxylic acids is 1. The smallest absolute Gasteiger partial charge is 0.224 e. The van der Waals surface area contributed by atoms with Gasteiger partial charge in [0.2, 0.25) is 5.91 Å². The summed E-state index contributed by atoms with van der Waals surface area (Å²) in [6, 6.07) is 16.4. The number of carbonyl (C=O) groups is 1. The van der Waals surface area contributed by atoms with E-state index in [-0.39, 0.29) is 5.91 Å². The highest BCUT2D eigenvalue weighted by molar-refractivity contribution is 5.92. The molecule has 0 radical (unpaired) electrons. The average Bonchev–Trinajstić information content (AvgIpc) is 2.54. The van der Waals surface area contributed by atoms with Crippen LogP contribution in [0.1, 0.15) is 37.0 Å². The van der Waals surface area contributed by atoms with Gasteiger partial charge in [0.25, 0.3) is 0 Å². The number of hydrogen-bond donors (Lipinski definition) is 1. The predicted octanol–water partition coefficient (Wildman–Crippen LogP) is 4.38. The summed E-state index contributed by atoms with van der Waals surface area (Å²) in [6.45, 7) is 4.24. The van der Waals surface area contributed by atoms with Crippen LogP contribution in [-0.2, 0) is 24.1 Å². The van der Waals surface area contributed by atoms with Crippen molar-refractivity contribution in [2.45, 2.75) is 39.5 Å². The summed E-state index contributed by atoms with van der Waals surface area (Å²) < 4.78 is 0. The molecule has 0 fully saturated rings. The van der Waals surface area contributed by atoms with Crippen LogP contribution < -0.4 is 5.32 Å². The van der Waals surface area contributed by atoms with E-state index in [0.717, 1.165) is 24.9 Å². The molecule has 0 bridgehead atoms. The van der Waals surface area contributed by atoms with Crippen LogP contribution >= 0.6 is 0 Å². The van der Waals surface area contributed by atoms with Gasteiger partial charge >= 0.3 is 0 Å². The van der Waals surface area contributed by atoms with Gasteiger partial charge in [-0.05, 0) is 36.0 Å². The van der Waals surface area contributed by atoms with Crippen LogP contribution in [0.4, 0.5) is 5.69 Å². The van der Waals surface area contributed by atoms with Gasteiger partial charge in [-0.2, -0.15) is 0 Å². The summed E-state index contributed by atoms with van der Waals surface area (Å²) in [5.41, 5.74) is 4.64. The lowest BCUT2D eigenvalue weighted by Crippen LogP contribution is -2.15. The standard InChI is InChI=1S/C19H23NO/c1-3-16-11-8-12-17(4-2)19(16)20-18(21)14-13-15-9-6-5-7-10-15/h5-12H,3-4,13-14H2,1-2H3,(H,20,21). The minimum Gasteiger partial charge on any atom is -0.326 e. The number of anilines is 1. The van der Waals surface area contributed by atoms with Crippen LogP contribution in [0.5, 0.6) is 0 Å². The number of nitrogens with one attached hydrogen (secondary N) is 1. The van der Waals surface area contributed by atoms with Gasteiger partial charge in [0, 0.05) is 12.1 Å². The van der Waals surface area contributed by atoms with E-state index in [2.05, 4.69) is 49.5 Å². The van der Waals surface area contributed by atoms with E-state index in [0.29, 0.717) is 6.42 Å². The lowest BCUT2D eigenvalue weighted by atomic mass is 10.0. The fourth-order valence-electron chi connectivity index (χ4n) is 2.51. The average molecular weight is 281 g/mol. The van der Waals surface area contributed by atoms with Crippen molar-refractivity contribution in [3.63, 3.8) is 0 Å². The molecule has 0 aliphatic rings. The van der Waals surface area contributed by atoms with Gasteiger partial charge in [0.1, 0.15) is 0 Å². The molecule has 0 spiro atoms. The van der Waals surface area contributed by atoms with Crippen LogP contribution in [0.2, 0.25) is 0 Å². The van der Waals surface area contributed by atoms with Gasteiger partial charge < -0.3 is 5.32 Å². The first-order valence-corrected chi connectivity index (χ1v) is 7.69. The summed E-state index contributed by atoms with van der Waals surface area (Å²) in [5, 5.41) is 3.11. The van der Waals surface area contributed by atoms with Crippen molar-refractivity contribution in [3.8, 4) is 0 Å². The number of para-hydroxylation sites is 1. The lowest BCUT2D eigenvalue weighted by Gasteiger charge is -2.14. The van der Waals surface area contributed by atoms with E-state index < -0.39 is 0 Å². The van der Waals surface area contributed by atoms with Crippen molar-refractivity contribution in [2.75, 3.05) is 5.32 Å². The Kier molecular flexibility index (Phi) is 5.56. The Bertz CT molecular complexity index is 568. The highest BCUT2D eigenvalue weighted by Gasteiger charge is 2.10. The molecule has 21 heavy (non-hydrogen) atoms. The van der Waals surface area contributed by atoms with Crippen LogP contribution in [0.3, 0.4) is 0 Å². The molecule has 2 nitrogen and oxygen atoms in total. The second-order valence-electron chi connectivity index (χ2n) is 5.19. The molecule has 2 aromatic rings. The molecule has 0 atom stereocenters. The molecule has 0 aliphatic carbocycles. The Morgan fingerprint density at radius 3 is 2.10 bits per heavy atom. The Hall–Kier alpha value is -2.09. The minimum atomic E-state index is 0.0921. The van der Waals surface area contributed by atoms with Crippen molar-refractivity contribution in [1.29, 1.82) is 0 Å². The topological polar surface area (TPSA) is 29.1 Å². The Morgan fingerprint density at radius 1 is 0.905 bits per heavy atom. The quantitative estimate of drug-likeness (QED) is 0.836. The van der Waals surface area contributed by atoms with E-state index in [1.165, 1.54) is 16.7 Å². The molecular weight excluding hydrogens is 258 g/mol. The number of benzene rings is 2. The zero-order valence-electron chi connectivity index (χ0n) is 12.9. The van der Waals surface area contributed by atoms with Gasteiger partial charge in [-0.15, -0.1) is 0 Å². The first-order valence-electron chi connectivity index (χ1n) is 7.69. The molecule has 2 aromatic carbocycles. The van der Waals surface area contributed by atoms with Gasteiger partial charge in [-0.25, -0.2) is 0 Å². The molecule has 0 saturated heterocycles. The van der Waals surface area contributed by atoms with Crippen molar-refractivity contribution in [3.05, 3.63) is 65.2 Å². The summed E-state index contributed by atoms with van der Waals surface area (Å²) in [4.78, 5) is 12.2. The zero-order valence-corrected chi connectivity index (χ0v) is 12.9. The normalized spacial score (nSPS) is 10.4. The van der Waals surface area contributed by atoms with Gasteiger partial charge in [-0.3, -0.25) is 4.79 Å². The fourth-order valence-corrected chi connectivity index (χ4v) is 2.51. The highest BCUT2D eigenvalue weighted by Crippen LogP contribution is 2.22. The first-order chi connectivity index (χ1) is 10.2. The molecule has 1 amide bonds. The second-order valence-corrected chi connectivity index (χ2v) is 5.19. The monoisotopic (exact) mass is 281 g/mol. The third kappa shape index (κ3) is 4.19. The fraction of sp³-hybridized carbons (Fsp3) is 0.316. The van der Waals surface area contributed by atoms with E-state index in [4.69, 9.17) is 0 Å². The number of amides is 1. The number of aryl methyl sites for hydroxylation is 3. The largest absolute Gasteiger partial charge is 0.326 e. The molecule has 1 N–H and O–H groups in total. The first kappa shape index (κ1) is 15.3. The van der Waals surface area contributed by atoms with E-state index in [1.54, 1.807) is 0 Å².